The number of aromatic nitrogens is 1. The summed E-state index contributed by atoms with van der Waals surface area (Å²) in [7, 11) is 2.15. The molecule has 2 aromatic rings. The van der Waals surface area contributed by atoms with Gasteiger partial charge in [-0.2, -0.15) is 0 Å². The largest absolute Gasteiger partial charge is 0.329 e. The average Bonchev–Trinajstić information content (AvgIpc) is 2.52. The van der Waals surface area contributed by atoms with Crippen LogP contribution in [0.3, 0.4) is 0 Å². The molecule has 0 amide bonds. The summed E-state index contributed by atoms with van der Waals surface area (Å²) in [4.78, 5) is 9.32. The Morgan fingerprint density at radius 2 is 2.19 bits per heavy atom. The number of pyridine rings is 1. The highest BCUT2D eigenvalue weighted by atomic mass is 35.5. The lowest BCUT2D eigenvalue weighted by Gasteiger charge is -2.39. The third-order valence-corrected chi connectivity index (χ3v) is 4.58. The van der Waals surface area contributed by atoms with E-state index in [1.165, 1.54) is 5.56 Å². The molecule has 5 heteroatoms. The Hall–Kier alpha value is -1.20. The minimum absolute atomic E-state index is 0.401. The number of hydrogen-bond acceptors (Lipinski definition) is 4. The predicted octanol–water partition coefficient (Wildman–Crippen LogP) is 1.96. The fourth-order valence-corrected chi connectivity index (χ4v) is 3.24. The van der Waals surface area contributed by atoms with E-state index in [1.54, 1.807) is 0 Å². The number of hydrogen-bond donors (Lipinski definition) is 1. The van der Waals surface area contributed by atoms with Gasteiger partial charge in [-0.25, -0.2) is 0 Å². The van der Waals surface area contributed by atoms with Crippen molar-refractivity contribution in [3.63, 3.8) is 0 Å². The summed E-state index contributed by atoms with van der Waals surface area (Å²) in [6.45, 7) is 4.70. The highest BCUT2D eigenvalue weighted by Gasteiger charge is 2.24. The van der Waals surface area contributed by atoms with Crippen LogP contribution in [0.1, 0.15) is 5.56 Å². The van der Waals surface area contributed by atoms with Gasteiger partial charge < -0.3 is 10.6 Å². The molecule has 1 fully saturated rings. The second-order valence-electron chi connectivity index (χ2n) is 5.73. The normalized spacial score (nSPS) is 21.0. The number of benzene rings is 1. The molecule has 1 aromatic heterocycles. The standard InChI is InChI=1S/C16H21ClN4/c1-20-7-8-21(13(9-18)11-20)10-12-4-5-15(17)14-3-2-6-19-16(12)14/h2-6,13H,7-11,18H2,1H3. The van der Waals surface area contributed by atoms with E-state index >= 15 is 0 Å². The smallest absolute Gasteiger partial charge is 0.0761 e. The molecule has 4 nitrogen and oxygen atoms in total. The summed E-state index contributed by atoms with van der Waals surface area (Å²) in [5.41, 5.74) is 8.16. The zero-order valence-electron chi connectivity index (χ0n) is 12.3. The molecule has 1 saturated heterocycles. The lowest BCUT2D eigenvalue weighted by Crippen LogP contribution is -2.54. The second kappa shape index (κ2) is 6.28. The molecule has 1 unspecified atom stereocenters. The lowest BCUT2D eigenvalue weighted by atomic mass is 10.1. The molecule has 1 aromatic carbocycles. The Morgan fingerprint density at radius 3 is 3.00 bits per heavy atom. The highest BCUT2D eigenvalue weighted by Crippen LogP contribution is 2.26. The molecule has 1 aliphatic heterocycles. The Balaban J connectivity index is 1.89. The van der Waals surface area contributed by atoms with E-state index in [2.05, 4.69) is 27.9 Å². The molecule has 1 atom stereocenters. The van der Waals surface area contributed by atoms with Crippen LogP contribution in [0, 0.1) is 0 Å². The molecule has 0 spiro atoms. The van der Waals surface area contributed by atoms with Gasteiger partial charge in [-0.3, -0.25) is 9.88 Å². The van der Waals surface area contributed by atoms with Crippen LogP contribution in [0.15, 0.2) is 30.5 Å². The molecule has 0 aliphatic carbocycles. The molecule has 2 heterocycles. The van der Waals surface area contributed by atoms with E-state index in [-0.39, 0.29) is 0 Å². The number of likely N-dealkylation sites (N-methyl/N-ethyl adjacent to an activating group) is 1. The zero-order valence-corrected chi connectivity index (χ0v) is 13.1. The van der Waals surface area contributed by atoms with E-state index in [0.717, 1.165) is 42.1 Å². The monoisotopic (exact) mass is 304 g/mol. The molecule has 21 heavy (non-hydrogen) atoms. The number of nitrogens with two attached hydrogens (primary N) is 1. The van der Waals surface area contributed by atoms with Crippen LogP contribution in [0.25, 0.3) is 10.9 Å². The van der Waals surface area contributed by atoms with Crippen molar-refractivity contribution < 1.29 is 0 Å². The average molecular weight is 305 g/mol. The number of nitrogens with zero attached hydrogens (tertiary/aromatic N) is 3. The fourth-order valence-electron chi connectivity index (χ4n) is 3.02. The van der Waals surface area contributed by atoms with Crippen molar-refractivity contribution in [1.82, 2.24) is 14.8 Å². The second-order valence-corrected chi connectivity index (χ2v) is 6.14. The van der Waals surface area contributed by atoms with Gasteiger partial charge in [0.05, 0.1) is 5.52 Å². The molecule has 112 valence electrons. The Labute approximate surface area is 130 Å². The summed E-state index contributed by atoms with van der Waals surface area (Å²) in [5, 5.41) is 1.78. The van der Waals surface area contributed by atoms with Crippen molar-refractivity contribution in [2.75, 3.05) is 33.2 Å². The minimum atomic E-state index is 0.401. The van der Waals surface area contributed by atoms with E-state index in [9.17, 15) is 0 Å². The maximum atomic E-state index is 6.27. The molecule has 0 saturated carbocycles. The number of rotatable bonds is 3. The first-order valence-electron chi connectivity index (χ1n) is 7.34. The van der Waals surface area contributed by atoms with E-state index < -0.39 is 0 Å². The predicted molar refractivity (Wildman–Crippen MR) is 87.5 cm³/mol. The SMILES string of the molecule is CN1CCN(Cc2ccc(Cl)c3cccnc23)C(CN)C1. The third kappa shape index (κ3) is 3.04. The summed E-state index contributed by atoms with van der Waals surface area (Å²) in [5.74, 6) is 0. The van der Waals surface area contributed by atoms with Gasteiger partial charge >= 0.3 is 0 Å². The van der Waals surface area contributed by atoms with Gasteiger partial charge in [0.1, 0.15) is 0 Å². The summed E-state index contributed by atoms with van der Waals surface area (Å²) in [6, 6.07) is 8.41. The maximum Gasteiger partial charge on any atom is 0.0761 e. The van der Waals surface area contributed by atoms with Crippen LogP contribution in [0.4, 0.5) is 0 Å². The van der Waals surface area contributed by atoms with Crippen LogP contribution < -0.4 is 5.73 Å². The van der Waals surface area contributed by atoms with E-state index in [0.29, 0.717) is 12.6 Å². The molecule has 0 radical (unpaired) electrons. The van der Waals surface area contributed by atoms with Crippen molar-refractivity contribution in [2.24, 2.45) is 5.73 Å². The Kier molecular flexibility index (Phi) is 4.40. The van der Waals surface area contributed by atoms with E-state index in [1.807, 2.05) is 24.4 Å². The molecular formula is C16H21ClN4. The molecule has 3 rings (SSSR count). The fraction of sp³-hybridized carbons (Fsp3) is 0.438. The summed E-state index contributed by atoms with van der Waals surface area (Å²) >= 11 is 6.27. The Morgan fingerprint density at radius 1 is 1.33 bits per heavy atom. The minimum Gasteiger partial charge on any atom is -0.329 e. The van der Waals surface area contributed by atoms with Gasteiger partial charge in [-0.1, -0.05) is 17.7 Å². The van der Waals surface area contributed by atoms with Gasteiger partial charge in [0.15, 0.2) is 0 Å². The van der Waals surface area contributed by atoms with Crippen molar-refractivity contribution in [3.8, 4) is 0 Å². The third-order valence-electron chi connectivity index (χ3n) is 4.25. The van der Waals surface area contributed by atoms with Crippen LogP contribution in [0.5, 0.6) is 0 Å². The van der Waals surface area contributed by atoms with Crippen molar-refractivity contribution >= 4 is 22.5 Å². The van der Waals surface area contributed by atoms with Gasteiger partial charge in [0, 0.05) is 55.4 Å². The van der Waals surface area contributed by atoms with Crippen LogP contribution in [0.2, 0.25) is 5.02 Å². The number of halogens is 1. The first-order chi connectivity index (χ1) is 10.2. The molecule has 2 N–H and O–H groups in total. The zero-order chi connectivity index (χ0) is 14.8. The Bertz CT molecular complexity index is 631. The van der Waals surface area contributed by atoms with Gasteiger partial charge in [-0.15, -0.1) is 0 Å². The summed E-state index contributed by atoms with van der Waals surface area (Å²) in [6.07, 6.45) is 1.83. The first-order valence-corrected chi connectivity index (χ1v) is 7.71. The van der Waals surface area contributed by atoms with Gasteiger partial charge in [-0.05, 0) is 30.8 Å². The number of fused-ring (bicyclic) bond motifs is 1. The maximum absolute atomic E-state index is 6.27. The van der Waals surface area contributed by atoms with Crippen LogP contribution >= 0.6 is 11.6 Å². The molecule has 0 bridgehead atoms. The highest BCUT2D eigenvalue weighted by molar-refractivity contribution is 6.35. The van der Waals surface area contributed by atoms with Crippen molar-refractivity contribution in [3.05, 3.63) is 41.0 Å². The first kappa shape index (κ1) is 14.7. The molecule has 1 aliphatic rings. The quantitative estimate of drug-likeness (QED) is 0.941. The van der Waals surface area contributed by atoms with Crippen LogP contribution in [-0.4, -0.2) is 54.1 Å². The number of piperazine rings is 1. The van der Waals surface area contributed by atoms with Gasteiger partial charge in [0.2, 0.25) is 0 Å². The van der Waals surface area contributed by atoms with E-state index in [4.69, 9.17) is 17.3 Å². The van der Waals surface area contributed by atoms with Crippen LogP contribution in [-0.2, 0) is 6.54 Å². The molecular weight excluding hydrogens is 284 g/mol. The lowest BCUT2D eigenvalue weighted by molar-refractivity contribution is 0.0884. The topological polar surface area (TPSA) is 45.4 Å². The summed E-state index contributed by atoms with van der Waals surface area (Å²) < 4.78 is 0. The van der Waals surface area contributed by atoms with Crippen molar-refractivity contribution in [2.45, 2.75) is 12.6 Å². The van der Waals surface area contributed by atoms with Gasteiger partial charge in [0.25, 0.3) is 0 Å². The van der Waals surface area contributed by atoms with Crippen molar-refractivity contribution in [1.29, 1.82) is 0 Å².